The molecule has 0 aliphatic rings. The summed E-state index contributed by atoms with van der Waals surface area (Å²) in [6.45, 7) is 1.77. The van der Waals surface area contributed by atoms with E-state index in [-0.39, 0.29) is 11.6 Å². The van der Waals surface area contributed by atoms with Crippen LogP contribution in [0, 0.1) is 6.92 Å². The van der Waals surface area contributed by atoms with E-state index in [1.807, 2.05) is 24.3 Å². The van der Waals surface area contributed by atoms with Crippen LogP contribution in [0.4, 0.5) is 5.82 Å². The Morgan fingerprint density at radius 2 is 2.14 bits per heavy atom. The Labute approximate surface area is 128 Å². The zero-order valence-corrected chi connectivity index (χ0v) is 12.5. The molecule has 0 aliphatic carbocycles. The normalized spacial score (nSPS) is 11.3. The fourth-order valence-corrected chi connectivity index (χ4v) is 2.15. The summed E-state index contributed by atoms with van der Waals surface area (Å²) in [5.41, 5.74) is 0.964. The van der Waals surface area contributed by atoms with Gasteiger partial charge in [0.1, 0.15) is 5.76 Å². The molecule has 0 aliphatic heterocycles. The van der Waals surface area contributed by atoms with Gasteiger partial charge in [0, 0.05) is 10.5 Å². The Morgan fingerprint density at radius 3 is 2.86 bits per heavy atom. The van der Waals surface area contributed by atoms with E-state index in [0.29, 0.717) is 17.5 Å². The van der Waals surface area contributed by atoms with Crippen LogP contribution in [0.15, 0.2) is 48.7 Å². The van der Waals surface area contributed by atoms with Crippen LogP contribution >= 0.6 is 15.9 Å². The van der Waals surface area contributed by atoms with Gasteiger partial charge in [0.2, 0.25) is 5.89 Å². The molecule has 1 aromatic carbocycles. The molecule has 3 rings (SSSR count). The van der Waals surface area contributed by atoms with E-state index in [1.165, 1.54) is 6.21 Å². The zero-order chi connectivity index (χ0) is 14.8. The van der Waals surface area contributed by atoms with E-state index in [4.69, 9.17) is 8.94 Å². The molecule has 2 aromatic heterocycles. The standard InChI is InChI=1S/C14H10BrN3O3/c1-8-6-12(18-21-8)16-7-11-14(19)20-13(17-11)9-4-2-3-5-10(9)15/h2-7,19H,1H3. The van der Waals surface area contributed by atoms with Gasteiger partial charge in [-0.3, -0.25) is 0 Å². The summed E-state index contributed by atoms with van der Waals surface area (Å²) in [6, 6.07) is 9.10. The number of aliphatic imine (C=N–C) groups is 1. The van der Waals surface area contributed by atoms with Gasteiger partial charge >= 0.3 is 5.95 Å². The number of hydrogen-bond acceptors (Lipinski definition) is 6. The van der Waals surface area contributed by atoms with Gasteiger partial charge in [0.25, 0.3) is 0 Å². The number of halogens is 1. The van der Waals surface area contributed by atoms with Gasteiger partial charge in [-0.15, -0.1) is 0 Å². The lowest BCUT2D eigenvalue weighted by molar-refractivity contribution is 0.337. The van der Waals surface area contributed by atoms with E-state index in [2.05, 4.69) is 31.1 Å². The van der Waals surface area contributed by atoms with Gasteiger partial charge in [-0.2, -0.15) is 0 Å². The summed E-state index contributed by atoms with van der Waals surface area (Å²) in [6.07, 6.45) is 1.37. The van der Waals surface area contributed by atoms with Crippen LogP contribution in [0.25, 0.3) is 11.5 Å². The second-order valence-electron chi connectivity index (χ2n) is 4.24. The Hall–Kier alpha value is -2.41. The number of aromatic nitrogens is 2. The molecule has 0 fully saturated rings. The first kappa shape index (κ1) is 13.6. The van der Waals surface area contributed by atoms with E-state index >= 15 is 0 Å². The molecule has 106 valence electrons. The first-order valence-electron chi connectivity index (χ1n) is 6.05. The van der Waals surface area contributed by atoms with Crippen LogP contribution in [0.1, 0.15) is 11.5 Å². The molecule has 6 nitrogen and oxygen atoms in total. The summed E-state index contributed by atoms with van der Waals surface area (Å²) >= 11 is 3.41. The van der Waals surface area contributed by atoms with Crippen molar-refractivity contribution in [1.29, 1.82) is 0 Å². The lowest BCUT2D eigenvalue weighted by Crippen LogP contribution is -1.83. The number of aromatic hydroxyl groups is 1. The number of hydrogen-bond donors (Lipinski definition) is 1. The van der Waals surface area contributed by atoms with Crippen LogP contribution in [0.5, 0.6) is 5.95 Å². The lowest BCUT2D eigenvalue weighted by Gasteiger charge is -1.96. The molecule has 7 heteroatoms. The average molecular weight is 348 g/mol. The molecule has 3 aromatic rings. The summed E-state index contributed by atoms with van der Waals surface area (Å²) in [4.78, 5) is 8.27. The Balaban J connectivity index is 1.92. The number of nitrogens with zero attached hydrogens (tertiary/aromatic N) is 3. The maximum atomic E-state index is 9.79. The van der Waals surface area contributed by atoms with Crippen molar-refractivity contribution in [2.45, 2.75) is 6.92 Å². The molecule has 2 heterocycles. The van der Waals surface area contributed by atoms with E-state index in [9.17, 15) is 5.11 Å². The third-order valence-corrected chi connectivity index (χ3v) is 3.36. The molecular formula is C14H10BrN3O3. The number of rotatable bonds is 3. The predicted molar refractivity (Wildman–Crippen MR) is 79.8 cm³/mol. The van der Waals surface area contributed by atoms with Crippen molar-refractivity contribution in [3.8, 4) is 17.4 Å². The fourth-order valence-electron chi connectivity index (χ4n) is 1.70. The smallest absolute Gasteiger partial charge is 0.312 e. The summed E-state index contributed by atoms with van der Waals surface area (Å²) in [5.74, 6) is 1.06. The van der Waals surface area contributed by atoms with Gasteiger partial charge in [-0.25, -0.2) is 9.98 Å². The lowest BCUT2D eigenvalue weighted by atomic mass is 10.2. The van der Waals surface area contributed by atoms with Crippen LogP contribution < -0.4 is 0 Å². The third kappa shape index (κ3) is 2.87. The maximum Gasteiger partial charge on any atom is 0.312 e. The van der Waals surface area contributed by atoms with Crippen molar-refractivity contribution in [3.63, 3.8) is 0 Å². The second kappa shape index (κ2) is 5.53. The highest BCUT2D eigenvalue weighted by atomic mass is 79.9. The zero-order valence-electron chi connectivity index (χ0n) is 10.9. The number of aryl methyl sites for hydroxylation is 1. The van der Waals surface area contributed by atoms with Crippen LogP contribution in [-0.4, -0.2) is 21.5 Å². The van der Waals surface area contributed by atoms with Crippen molar-refractivity contribution in [3.05, 3.63) is 46.3 Å². The minimum Gasteiger partial charge on any atom is -0.479 e. The topological polar surface area (TPSA) is 84.7 Å². The highest BCUT2D eigenvalue weighted by Gasteiger charge is 2.14. The quantitative estimate of drug-likeness (QED) is 0.727. The molecular weight excluding hydrogens is 338 g/mol. The highest BCUT2D eigenvalue weighted by Crippen LogP contribution is 2.30. The highest BCUT2D eigenvalue weighted by molar-refractivity contribution is 9.10. The van der Waals surface area contributed by atoms with Gasteiger partial charge in [0.15, 0.2) is 11.5 Å². The van der Waals surface area contributed by atoms with Gasteiger partial charge in [-0.05, 0) is 35.0 Å². The first-order valence-corrected chi connectivity index (χ1v) is 6.85. The van der Waals surface area contributed by atoms with Crippen molar-refractivity contribution in [1.82, 2.24) is 10.1 Å². The molecule has 21 heavy (non-hydrogen) atoms. The van der Waals surface area contributed by atoms with Gasteiger partial charge in [-0.1, -0.05) is 17.3 Å². The SMILES string of the molecule is Cc1cc(N=Cc2nc(-c3ccccc3Br)oc2O)no1. The van der Waals surface area contributed by atoms with E-state index < -0.39 is 0 Å². The fraction of sp³-hybridized carbons (Fsp3) is 0.0714. The summed E-state index contributed by atoms with van der Waals surface area (Å²) < 4.78 is 11.0. The molecule has 0 bridgehead atoms. The van der Waals surface area contributed by atoms with Gasteiger partial charge in [0.05, 0.1) is 11.8 Å². The first-order chi connectivity index (χ1) is 10.1. The Morgan fingerprint density at radius 1 is 1.33 bits per heavy atom. The molecule has 0 saturated carbocycles. The van der Waals surface area contributed by atoms with E-state index in [0.717, 1.165) is 10.0 Å². The molecule has 0 saturated heterocycles. The molecule has 0 spiro atoms. The number of benzene rings is 1. The van der Waals surface area contributed by atoms with Crippen molar-refractivity contribution in [2.24, 2.45) is 4.99 Å². The van der Waals surface area contributed by atoms with Crippen molar-refractivity contribution >= 4 is 28.0 Å². The molecule has 0 unspecified atom stereocenters. The largest absolute Gasteiger partial charge is 0.479 e. The van der Waals surface area contributed by atoms with Gasteiger partial charge < -0.3 is 14.0 Å². The molecule has 0 amide bonds. The molecule has 0 radical (unpaired) electrons. The van der Waals surface area contributed by atoms with E-state index in [1.54, 1.807) is 13.0 Å². The number of oxazole rings is 1. The third-order valence-electron chi connectivity index (χ3n) is 2.67. The Bertz CT molecular complexity index is 807. The maximum absolute atomic E-state index is 9.79. The van der Waals surface area contributed by atoms with Crippen LogP contribution in [-0.2, 0) is 0 Å². The summed E-state index contributed by atoms with van der Waals surface area (Å²) in [5, 5.41) is 13.5. The second-order valence-corrected chi connectivity index (χ2v) is 5.10. The predicted octanol–water partition coefficient (Wildman–Crippen LogP) is 3.86. The van der Waals surface area contributed by atoms with Crippen molar-refractivity contribution < 1.29 is 14.0 Å². The van der Waals surface area contributed by atoms with Crippen LogP contribution in [0.2, 0.25) is 0 Å². The monoisotopic (exact) mass is 347 g/mol. The minimum atomic E-state index is -0.301. The van der Waals surface area contributed by atoms with Crippen LogP contribution in [0.3, 0.4) is 0 Å². The molecule has 0 atom stereocenters. The minimum absolute atomic E-state index is 0.224. The average Bonchev–Trinajstić information content (AvgIpc) is 3.03. The Kier molecular flexibility index (Phi) is 3.57. The molecule has 1 N–H and O–H groups in total. The summed E-state index contributed by atoms with van der Waals surface area (Å²) in [7, 11) is 0. The van der Waals surface area contributed by atoms with Crippen molar-refractivity contribution in [2.75, 3.05) is 0 Å².